The lowest BCUT2D eigenvalue weighted by Crippen LogP contribution is -2.37. The Morgan fingerprint density at radius 2 is 1.40 bits per heavy atom. The SMILES string of the molecule is CCc1ccc(Nc2nc(Nc3ccc(Cl)cc3)nc(N3CCOCC3)n2)cc1.Cl. The van der Waals surface area contributed by atoms with Crippen molar-refractivity contribution < 1.29 is 4.74 Å². The Hall–Kier alpha value is -2.61. The summed E-state index contributed by atoms with van der Waals surface area (Å²) < 4.78 is 5.45. The summed E-state index contributed by atoms with van der Waals surface area (Å²) in [6.45, 7) is 4.95. The molecule has 4 rings (SSSR count). The first-order valence-corrected chi connectivity index (χ1v) is 10.0. The van der Waals surface area contributed by atoms with Gasteiger partial charge in [0.2, 0.25) is 17.8 Å². The van der Waals surface area contributed by atoms with Crippen LogP contribution in [0.3, 0.4) is 0 Å². The Labute approximate surface area is 187 Å². The summed E-state index contributed by atoms with van der Waals surface area (Å²) >= 11 is 5.98. The van der Waals surface area contributed by atoms with Crippen LogP contribution in [0.5, 0.6) is 0 Å². The zero-order valence-corrected chi connectivity index (χ0v) is 18.2. The molecule has 0 aliphatic carbocycles. The zero-order valence-electron chi connectivity index (χ0n) is 16.6. The average Bonchev–Trinajstić information content (AvgIpc) is 2.76. The smallest absolute Gasteiger partial charge is 0.233 e. The number of anilines is 5. The number of halogens is 2. The zero-order chi connectivity index (χ0) is 20.1. The van der Waals surface area contributed by atoms with Crippen LogP contribution in [0.15, 0.2) is 48.5 Å². The van der Waals surface area contributed by atoms with Gasteiger partial charge in [-0.2, -0.15) is 15.0 Å². The van der Waals surface area contributed by atoms with Crippen LogP contribution in [0.4, 0.5) is 29.2 Å². The van der Waals surface area contributed by atoms with E-state index in [1.54, 1.807) is 0 Å². The molecule has 1 aromatic heterocycles. The van der Waals surface area contributed by atoms with Gasteiger partial charge in [0.05, 0.1) is 13.2 Å². The normalized spacial score (nSPS) is 13.5. The van der Waals surface area contributed by atoms with Gasteiger partial charge in [0, 0.05) is 29.5 Å². The van der Waals surface area contributed by atoms with Crippen molar-refractivity contribution in [3.05, 3.63) is 59.1 Å². The Morgan fingerprint density at radius 1 is 0.867 bits per heavy atom. The predicted molar refractivity (Wildman–Crippen MR) is 124 cm³/mol. The van der Waals surface area contributed by atoms with Crippen molar-refractivity contribution in [2.75, 3.05) is 41.8 Å². The predicted octanol–water partition coefficient (Wildman–Crippen LogP) is 4.83. The van der Waals surface area contributed by atoms with Gasteiger partial charge in [0.15, 0.2) is 0 Å². The van der Waals surface area contributed by atoms with Gasteiger partial charge in [-0.05, 0) is 48.4 Å². The second-order valence-corrected chi connectivity index (χ2v) is 7.13. The van der Waals surface area contributed by atoms with Gasteiger partial charge in [-0.3, -0.25) is 0 Å². The number of aromatic nitrogens is 3. The van der Waals surface area contributed by atoms with Crippen LogP contribution in [0.2, 0.25) is 5.02 Å². The standard InChI is InChI=1S/C21H23ClN6O.ClH/c1-2-15-3-7-17(8-4-15)23-19-25-20(24-18-9-5-16(22)6-10-18)27-21(26-19)28-11-13-29-14-12-28;/h3-10H,2,11-14H2,1H3,(H2,23,24,25,26,27);1H. The molecule has 0 amide bonds. The number of aryl methyl sites for hydroxylation is 1. The summed E-state index contributed by atoms with van der Waals surface area (Å²) in [6.07, 6.45) is 1.00. The Kier molecular flexibility index (Phi) is 7.68. The molecule has 0 unspecified atom stereocenters. The molecule has 7 nitrogen and oxygen atoms in total. The largest absolute Gasteiger partial charge is 0.378 e. The maximum absolute atomic E-state index is 5.98. The first-order chi connectivity index (χ1) is 14.2. The van der Waals surface area contributed by atoms with Gasteiger partial charge in [0.25, 0.3) is 0 Å². The fraction of sp³-hybridized carbons (Fsp3) is 0.286. The minimum absolute atomic E-state index is 0. The number of rotatable bonds is 6. The summed E-state index contributed by atoms with van der Waals surface area (Å²) in [5, 5.41) is 7.20. The van der Waals surface area contributed by atoms with Crippen LogP contribution in [0.25, 0.3) is 0 Å². The van der Waals surface area contributed by atoms with Crippen LogP contribution in [0, 0.1) is 0 Å². The highest BCUT2D eigenvalue weighted by Gasteiger charge is 2.17. The molecule has 0 bridgehead atoms. The van der Waals surface area contributed by atoms with Gasteiger partial charge < -0.3 is 20.3 Å². The van der Waals surface area contributed by atoms with E-state index in [1.807, 2.05) is 36.4 Å². The van der Waals surface area contributed by atoms with E-state index in [-0.39, 0.29) is 12.4 Å². The molecule has 2 N–H and O–H groups in total. The molecule has 158 valence electrons. The van der Waals surface area contributed by atoms with Crippen LogP contribution in [-0.2, 0) is 11.2 Å². The van der Waals surface area contributed by atoms with Crippen molar-refractivity contribution in [1.29, 1.82) is 0 Å². The minimum Gasteiger partial charge on any atom is -0.378 e. The number of ether oxygens (including phenoxy) is 1. The number of nitrogens with zero attached hydrogens (tertiary/aromatic N) is 4. The van der Waals surface area contributed by atoms with Crippen molar-refractivity contribution in [1.82, 2.24) is 15.0 Å². The summed E-state index contributed by atoms with van der Waals surface area (Å²) in [6, 6.07) is 15.7. The molecule has 1 saturated heterocycles. The molecule has 1 aliphatic rings. The molecule has 0 spiro atoms. The fourth-order valence-corrected chi connectivity index (χ4v) is 3.12. The third-order valence-corrected chi connectivity index (χ3v) is 4.89. The lowest BCUT2D eigenvalue weighted by atomic mass is 10.1. The van der Waals surface area contributed by atoms with Crippen LogP contribution in [0.1, 0.15) is 12.5 Å². The van der Waals surface area contributed by atoms with Crippen molar-refractivity contribution in [3.63, 3.8) is 0 Å². The molecule has 0 radical (unpaired) electrons. The Balaban J connectivity index is 0.00000256. The second-order valence-electron chi connectivity index (χ2n) is 6.69. The number of hydrogen-bond donors (Lipinski definition) is 2. The van der Waals surface area contributed by atoms with Gasteiger partial charge in [0.1, 0.15) is 0 Å². The van der Waals surface area contributed by atoms with Gasteiger partial charge in [-0.25, -0.2) is 0 Å². The second kappa shape index (κ2) is 10.4. The van der Waals surface area contributed by atoms with Crippen LogP contribution >= 0.6 is 24.0 Å². The monoisotopic (exact) mass is 446 g/mol. The van der Waals surface area contributed by atoms with Crippen molar-refractivity contribution in [2.45, 2.75) is 13.3 Å². The lowest BCUT2D eigenvalue weighted by molar-refractivity contribution is 0.122. The molecule has 3 aromatic rings. The molecule has 2 heterocycles. The average molecular weight is 447 g/mol. The number of benzene rings is 2. The van der Waals surface area contributed by atoms with Crippen molar-refractivity contribution in [2.24, 2.45) is 0 Å². The molecule has 1 fully saturated rings. The Morgan fingerprint density at radius 3 is 1.93 bits per heavy atom. The van der Waals surface area contributed by atoms with E-state index in [0.717, 1.165) is 30.9 Å². The molecule has 1 aliphatic heterocycles. The lowest BCUT2D eigenvalue weighted by Gasteiger charge is -2.27. The molecular formula is C21H24Cl2N6O. The maximum Gasteiger partial charge on any atom is 0.233 e. The van der Waals surface area contributed by atoms with Gasteiger partial charge >= 0.3 is 0 Å². The number of hydrogen-bond acceptors (Lipinski definition) is 7. The topological polar surface area (TPSA) is 75.2 Å². The number of nitrogens with one attached hydrogen (secondary N) is 2. The molecule has 0 saturated carbocycles. The van der Waals surface area contributed by atoms with E-state index in [9.17, 15) is 0 Å². The maximum atomic E-state index is 5.98. The Bertz CT molecular complexity index is 947. The summed E-state index contributed by atoms with van der Waals surface area (Å²) in [5.74, 6) is 1.58. The first-order valence-electron chi connectivity index (χ1n) is 9.67. The highest BCUT2D eigenvalue weighted by Crippen LogP contribution is 2.22. The highest BCUT2D eigenvalue weighted by molar-refractivity contribution is 6.30. The first kappa shape index (κ1) is 22.1. The quantitative estimate of drug-likeness (QED) is 0.561. The van der Waals surface area contributed by atoms with Gasteiger partial charge in [-0.15, -0.1) is 12.4 Å². The van der Waals surface area contributed by atoms with Crippen molar-refractivity contribution in [3.8, 4) is 0 Å². The minimum atomic E-state index is 0. The third kappa shape index (κ3) is 5.72. The number of morpholine rings is 1. The summed E-state index contributed by atoms with van der Waals surface area (Å²) in [4.78, 5) is 15.9. The fourth-order valence-electron chi connectivity index (χ4n) is 3.00. The van der Waals surface area contributed by atoms with E-state index in [2.05, 4.69) is 49.5 Å². The summed E-state index contributed by atoms with van der Waals surface area (Å²) in [5.41, 5.74) is 3.07. The van der Waals surface area contributed by atoms with E-state index in [0.29, 0.717) is 36.1 Å². The molecule has 9 heteroatoms. The molecule has 2 aromatic carbocycles. The van der Waals surface area contributed by atoms with E-state index in [1.165, 1.54) is 5.56 Å². The van der Waals surface area contributed by atoms with Crippen molar-refractivity contribution >= 4 is 53.2 Å². The van der Waals surface area contributed by atoms with E-state index in [4.69, 9.17) is 16.3 Å². The van der Waals surface area contributed by atoms with E-state index >= 15 is 0 Å². The highest BCUT2D eigenvalue weighted by atomic mass is 35.5. The molecule has 0 atom stereocenters. The van der Waals surface area contributed by atoms with E-state index < -0.39 is 0 Å². The van der Waals surface area contributed by atoms with Crippen LogP contribution in [-0.4, -0.2) is 41.3 Å². The third-order valence-electron chi connectivity index (χ3n) is 4.64. The molecular weight excluding hydrogens is 423 g/mol. The molecule has 30 heavy (non-hydrogen) atoms. The van der Waals surface area contributed by atoms with Gasteiger partial charge in [-0.1, -0.05) is 30.7 Å². The summed E-state index contributed by atoms with van der Waals surface area (Å²) in [7, 11) is 0. The van der Waals surface area contributed by atoms with Crippen LogP contribution < -0.4 is 15.5 Å².